The predicted molar refractivity (Wildman–Crippen MR) is 142 cm³/mol. The van der Waals surface area contributed by atoms with Crippen molar-refractivity contribution in [3.63, 3.8) is 0 Å². The van der Waals surface area contributed by atoms with Gasteiger partial charge in [-0.2, -0.15) is 0 Å². The van der Waals surface area contributed by atoms with Gasteiger partial charge in [0.2, 0.25) is 0 Å². The molecule has 6 rings (SSSR count). The third-order valence-corrected chi connectivity index (χ3v) is 8.36. The predicted octanol–water partition coefficient (Wildman–Crippen LogP) is -0.160. The maximum atomic E-state index is 12.5. The van der Waals surface area contributed by atoms with Crippen LogP contribution in [0, 0.1) is 5.92 Å². The molecule has 4 fully saturated rings. The second kappa shape index (κ2) is 11.4. The summed E-state index contributed by atoms with van der Waals surface area (Å²) in [5.74, 6) is 0.837. The number of nitrogens with two attached hydrogens (primary N) is 1. The van der Waals surface area contributed by atoms with Gasteiger partial charge in [-0.15, -0.1) is 0 Å². The van der Waals surface area contributed by atoms with Crippen LogP contribution in [0.4, 0.5) is 10.6 Å². The summed E-state index contributed by atoms with van der Waals surface area (Å²) >= 11 is 0. The molecule has 0 aromatic carbocycles. The lowest BCUT2D eigenvalue weighted by atomic mass is 9.91. The molecule has 218 valence electrons. The first-order valence-corrected chi connectivity index (χ1v) is 14.3. The van der Waals surface area contributed by atoms with Crippen molar-refractivity contribution in [2.75, 3.05) is 31.9 Å². The number of anilines is 1. The molecular weight excluding hydrogens is 520 g/mol. The number of hydrogen-bond donors (Lipinski definition) is 5. The van der Waals surface area contributed by atoms with Crippen LogP contribution in [0.1, 0.15) is 57.0 Å². The fraction of sp³-hybridized carbons (Fsp3) is 0.731. The summed E-state index contributed by atoms with van der Waals surface area (Å²) in [5, 5.41) is 27.2. The number of likely N-dealkylation sites (tertiary alicyclic amines) is 1. The fourth-order valence-corrected chi connectivity index (χ4v) is 5.80. The zero-order valence-electron chi connectivity index (χ0n) is 22.4. The molecule has 3 aliphatic heterocycles. The molecule has 0 bridgehead atoms. The van der Waals surface area contributed by atoms with E-state index in [0.717, 1.165) is 58.0 Å². The average molecular weight is 559 g/mol. The Hall–Kier alpha value is -3.07. The van der Waals surface area contributed by atoms with E-state index < -0.39 is 30.4 Å². The molecule has 14 nitrogen and oxygen atoms in total. The summed E-state index contributed by atoms with van der Waals surface area (Å²) in [4.78, 5) is 40.1. The minimum absolute atomic E-state index is 0.0203. The molecule has 1 aliphatic carbocycles. The number of fused-ring (bicyclic) bond motifs is 1. The zero-order chi connectivity index (χ0) is 27.8. The lowest BCUT2D eigenvalue weighted by molar-refractivity contribution is -0.137. The molecule has 5 atom stereocenters. The van der Waals surface area contributed by atoms with Crippen molar-refractivity contribution in [2.45, 2.75) is 88.1 Å². The lowest BCUT2D eigenvalue weighted by Crippen LogP contribution is -2.43. The van der Waals surface area contributed by atoms with Crippen molar-refractivity contribution >= 4 is 29.0 Å². The van der Waals surface area contributed by atoms with E-state index in [4.69, 9.17) is 15.2 Å². The monoisotopic (exact) mass is 558 g/mol. The Kier molecular flexibility index (Phi) is 7.75. The summed E-state index contributed by atoms with van der Waals surface area (Å²) in [6.07, 6.45) is 3.22. The number of aliphatic hydroxyl groups excluding tert-OH is 2. The Morgan fingerprint density at radius 3 is 2.67 bits per heavy atom. The number of nitrogen functional groups attached to an aromatic ring is 1. The number of piperidine rings is 1. The van der Waals surface area contributed by atoms with Gasteiger partial charge in [-0.25, -0.2) is 19.7 Å². The van der Waals surface area contributed by atoms with Gasteiger partial charge in [0, 0.05) is 32.1 Å². The summed E-state index contributed by atoms with van der Waals surface area (Å²) < 4.78 is 12.9. The number of aromatic nitrogens is 4. The maximum absolute atomic E-state index is 12.5. The summed E-state index contributed by atoms with van der Waals surface area (Å²) in [6.45, 7) is 3.03. The second-order valence-electron chi connectivity index (χ2n) is 11.4. The number of aliphatic hydroxyl groups is 2. The van der Waals surface area contributed by atoms with Gasteiger partial charge in [0.15, 0.2) is 23.8 Å². The minimum atomic E-state index is -1.38. The van der Waals surface area contributed by atoms with E-state index >= 15 is 0 Å². The number of nitrogens with zero attached hydrogens (tertiary/aromatic N) is 5. The normalized spacial score (nSPS) is 29.2. The molecule has 6 N–H and O–H groups in total. The molecule has 5 heterocycles. The largest absolute Gasteiger partial charge is 0.445 e. The molecule has 3 saturated heterocycles. The highest BCUT2D eigenvalue weighted by Crippen LogP contribution is 2.33. The molecule has 4 aliphatic rings. The molecule has 2 unspecified atom stereocenters. The molecule has 2 aromatic rings. The summed E-state index contributed by atoms with van der Waals surface area (Å²) in [5.41, 5.74) is 6.94. The lowest BCUT2D eigenvalue weighted by Gasteiger charge is -2.32. The maximum Gasteiger partial charge on any atom is 0.410 e. The van der Waals surface area contributed by atoms with Gasteiger partial charge in [0.05, 0.1) is 6.33 Å². The van der Waals surface area contributed by atoms with Gasteiger partial charge in [-0.05, 0) is 57.4 Å². The number of ether oxygens (including phenoxy) is 2. The van der Waals surface area contributed by atoms with Gasteiger partial charge in [0.1, 0.15) is 29.7 Å². The number of carbonyl (C=O) groups excluding carboxylic acids is 2. The van der Waals surface area contributed by atoms with Crippen LogP contribution in [0.5, 0.6) is 0 Å². The highest BCUT2D eigenvalue weighted by molar-refractivity contribution is 5.83. The van der Waals surface area contributed by atoms with E-state index in [9.17, 15) is 19.8 Å². The Balaban J connectivity index is 1.04. The van der Waals surface area contributed by atoms with Gasteiger partial charge in [-0.1, -0.05) is 0 Å². The Bertz CT molecular complexity index is 1220. The molecular formula is C26H38N8O6. The molecule has 2 amide bonds. The Morgan fingerprint density at radius 2 is 1.95 bits per heavy atom. The van der Waals surface area contributed by atoms with Gasteiger partial charge in [0.25, 0.3) is 5.91 Å². The number of carbonyl (C=O) groups is 2. The number of imidazole rings is 1. The second-order valence-corrected chi connectivity index (χ2v) is 11.4. The van der Waals surface area contributed by atoms with Crippen LogP contribution in [0.25, 0.3) is 11.2 Å². The van der Waals surface area contributed by atoms with E-state index in [1.54, 1.807) is 0 Å². The number of aryl methyl sites for hydroxylation is 1. The van der Waals surface area contributed by atoms with Crippen LogP contribution in [-0.2, 0) is 20.7 Å². The molecule has 0 radical (unpaired) electrons. The molecule has 0 spiro atoms. The van der Waals surface area contributed by atoms with Crippen LogP contribution in [-0.4, -0.2) is 103 Å². The van der Waals surface area contributed by atoms with Gasteiger partial charge < -0.3 is 41.0 Å². The smallest absolute Gasteiger partial charge is 0.410 e. The Labute approximate surface area is 231 Å². The van der Waals surface area contributed by atoms with E-state index in [0.29, 0.717) is 42.4 Å². The standard InChI is InChI=1S/C26H38N8O6/c27-22-18-23(34(13-29-18)25-20(36)19(35)21(40-25)24(37)30-15-4-5-15)32-17(31-22)3-1-2-14-7-10-33(11-8-14)26(38)39-16-6-9-28-12-16/h13-16,19-21,25,28,35-36H,1-12H2,(H,30,37)(H2,27,31,32)/t16?,19?,20-,21-,25+/m0/s1. The van der Waals surface area contributed by atoms with E-state index in [2.05, 4.69) is 25.6 Å². The summed E-state index contributed by atoms with van der Waals surface area (Å²) in [6, 6.07) is 0.104. The van der Waals surface area contributed by atoms with Crippen molar-refractivity contribution in [1.82, 2.24) is 35.1 Å². The van der Waals surface area contributed by atoms with E-state index in [1.165, 1.54) is 10.9 Å². The average Bonchev–Trinajstić information content (AvgIpc) is 3.29. The zero-order valence-corrected chi connectivity index (χ0v) is 22.4. The van der Waals surface area contributed by atoms with Crippen LogP contribution in [0.15, 0.2) is 6.33 Å². The van der Waals surface area contributed by atoms with Crippen molar-refractivity contribution in [1.29, 1.82) is 0 Å². The number of rotatable bonds is 8. The van der Waals surface area contributed by atoms with Crippen molar-refractivity contribution in [2.24, 2.45) is 5.92 Å². The highest BCUT2D eigenvalue weighted by atomic mass is 16.6. The number of amides is 2. The van der Waals surface area contributed by atoms with Gasteiger partial charge >= 0.3 is 6.09 Å². The van der Waals surface area contributed by atoms with Crippen LogP contribution in [0.3, 0.4) is 0 Å². The van der Waals surface area contributed by atoms with Crippen LogP contribution in [0.2, 0.25) is 0 Å². The van der Waals surface area contributed by atoms with Crippen molar-refractivity contribution in [3.8, 4) is 0 Å². The molecule has 40 heavy (non-hydrogen) atoms. The van der Waals surface area contributed by atoms with Crippen LogP contribution >= 0.6 is 0 Å². The number of hydrogen-bond acceptors (Lipinski definition) is 11. The SMILES string of the molecule is Nc1nc(CCCC2CCN(C(=O)OC3CCNC3)CC2)nc2c1ncn2[C@@H]1O[C@H](C(=O)NC2CC2)C(O)[C@@H]1O. The van der Waals surface area contributed by atoms with E-state index in [-0.39, 0.29) is 24.1 Å². The topological polar surface area (TPSA) is 190 Å². The molecule has 1 saturated carbocycles. The third kappa shape index (κ3) is 5.71. The molecule has 2 aromatic heterocycles. The number of nitrogens with one attached hydrogen (secondary N) is 2. The first kappa shape index (κ1) is 27.1. The van der Waals surface area contributed by atoms with Crippen molar-refractivity contribution in [3.05, 3.63) is 12.2 Å². The Morgan fingerprint density at radius 1 is 1.15 bits per heavy atom. The quantitative estimate of drug-likeness (QED) is 0.289. The van der Waals surface area contributed by atoms with Crippen molar-refractivity contribution < 1.29 is 29.3 Å². The van der Waals surface area contributed by atoms with Crippen LogP contribution < -0.4 is 16.4 Å². The van der Waals surface area contributed by atoms with Gasteiger partial charge in [-0.3, -0.25) is 9.36 Å². The molecule has 14 heteroatoms. The third-order valence-electron chi connectivity index (χ3n) is 8.36. The first-order chi connectivity index (χ1) is 19.4. The first-order valence-electron chi connectivity index (χ1n) is 14.3. The minimum Gasteiger partial charge on any atom is -0.445 e. The fourth-order valence-electron chi connectivity index (χ4n) is 5.80. The van der Waals surface area contributed by atoms with E-state index in [1.807, 2.05) is 4.90 Å². The summed E-state index contributed by atoms with van der Waals surface area (Å²) in [7, 11) is 0. The highest BCUT2D eigenvalue weighted by Gasteiger charge is 2.48.